The van der Waals surface area contributed by atoms with Crippen molar-refractivity contribution < 1.29 is 13.7 Å². The molecule has 2 nitrogen and oxygen atoms in total. The third kappa shape index (κ3) is 6.08. The number of rotatable bonds is 8. The summed E-state index contributed by atoms with van der Waals surface area (Å²) in [5, 5.41) is 11.6. The first-order valence-electron chi connectivity index (χ1n) is 12.8. The van der Waals surface area contributed by atoms with Crippen LogP contribution < -0.4 is 4.18 Å². The predicted octanol–water partition coefficient (Wildman–Crippen LogP) is 9.76. The summed E-state index contributed by atoms with van der Waals surface area (Å²) in [6.07, 6.45) is 0.297. The van der Waals surface area contributed by atoms with E-state index in [9.17, 15) is 9.50 Å². The molecule has 1 N–H and O–H groups in total. The summed E-state index contributed by atoms with van der Waals surface area (Å²) in [6, 6.07) is 31.7. The summed E-state index contributed by atoms with van der Waals surface area (Å²) in [4.78, 5) is 1.07. The molecule has 1 saturated heterocycles. The van der Waals surface area contributed by atoms with Gasteiger partial charge in [-0.1, -0.05) is 80.6 Å². The van der Waals surface area contributed by atoms with Gasteiger partial charge >= 0.3 is 0 Å². The molecule has 0 aliphatic carbocycles. The molecule has 0 spiro atoms. The summed E-state index contributed by atoms with van der Waals surface area (Å²) in [5.74, 6) is 2.32. The van der Waals surface area contributed by atoms with Gasteiger partial charge in [-0.2, -0.15) is 0 Å². The molecule has 4 aromatic rings. The lowest BCUT2D eigenvalue weighted by Crippen LogP contribution is -2.30. The Kier molecular flexibility index (Phi) is 9.04. The van der Waals surface area contributed by atoms with Crippen LogP contribution in [0, 0.1) is 5.82 Å². The van der Waals surface area contributed by atoms with Crippen molar-refractivity contribution >= 4 is 51.5 Å². The molecule has 202 valence electrons. The van der Waals surface area contributed by atoms with Crippen LogP contribution in [0.3, 0.4) is 0 Å². The summed E-state index contributed by atoms with van der Waals surface area (Å²) in [6.45, 7) is 4.47. The lowest BCUT2D eigenvalue weighted by Gasteiger charge is -2.40. The van der Waals surface area contributed by atoms with Gasteiger partial charge < -0.3 is 9.29 Å². The average Bonchev–Trinajstić information content (AvgIpc) is 2.98. The highest BCUT2D eigenvalue weighted by Gasteiger charge is 2.43. The van der Waals surface area contributed by atoms with Crippen molar-refractivity contribution in [2.45, 2.75) is 40.8 Å². The quantitative estimate of drug-likeness (QED) is 0.194. The third-order valence-corrected chi connectivity index (χ3v) is 12.0. The molecule has 7 heteroatoms. The van der Waals surface area contributed by atoms with Gasteiger partial charge in [0.05, 0.1) is 21.4 Å². The van der Waals surface area contributed by atoms with Crippen LogP contribution in [0.2, 0.25) is 0 Å². The van der Waals surface area contributed by atoms with E-state index < -0.39 is 10.2 Å². The Morgan fingerprint density at radius 2 is 1.59 bits per heavy atom. The number of halogens is 2. The van der Waals surface area contributed by atoms with E-state index in [0.29, 0.717) is 10.0 Å². The fourth-order valence-corrected chi connectivity index (χ4v) is 9.47. The van der Waals surface area contributed by atoms with E-state index >= 15 is 0 Å². The molecule has 0 saturated carbocycles. The Balaban J connectivity index is 1.37. The largest absolute Gasteiger partial charge is 0.421 e. The Morgan fingerprint density at radius 3 is 2.28 bits per heavy atom. The highest BCUT2D eigenvalue weighted by atomic mass is 79.9. The van der Waals surface area contributed by atoms with Crippen LogP contribution >= 0.6 is 51.5 Å². The molecule has 5 rings (SSSR count). The second-order valence-corrected chi connectivity index (χ2v) is 14.5. The van der Waals surface area contributed by atoms with Crippen molar-refractivity contribution in [3.8, 4) is 5.75 Å². The minimum absolute atomic E-state index is 0.175. The first-order chi connectivity index (χ1) is 18.8. The molecular formula is C32H30BrFO2S3. The Morgan fingerprint density at radius 1 is 0.923 bits per heavy atom. The zero-order chi connectivity index (χ0) is 27.5. The molecule has 0 amide bonds. The Labute approximate surface area is 251 Å². The van der Waals surface area contributed by atoms with Gasteiger partial charge in [0.2, 0.25) is 0 Å². The molecule has 4 aromatic carbocycles. The number of aliphatic hydroxyl groups excluding tert-OH is 1. The maximum Gasteiger partial charge on any atom is 0.137 e. The molecule has 39 heavy (non-hydrogen) atoms. The third-order valence-electron chi connectivity index (χ3n) is 7.08. The summed E-state index contributed by atoms with van der Waals surface area (Å²) in [7, 11) is 0. The molecular weight excluding hydrogens is 611 g/mol. The van der Waals surface area contributed by atoms with E-state index in [2.05, 4.69) is 72.2 Å². The molecule has 0 radical (unpaired) electrons. The van der Waals surface area contributed by atoms with Crippen molar-refractivity contribution in [1.82, 2.24) is 0 Å². The smallest absolute Gasteiger partial charge is 0.137 e. The SMILES string of the molecule is CC(C)(c1ccccc1)c1ccccc1SOc1ccc(C2(C(O)c3ccc(F)c(Br)c3)SCCCS2)cc1. The minimum Gasteiger partial charge on any atom is -0.421 e. The van der Waals surface area contributed by atoms with Crippen LogP contribution in [-0.4, -0.2) is 16.6 Å². The van der Waals surface area contributed by atoms with Gasteiger partial charge in [0, 0.05) is 5.41 Å². The van der Waals surface area contributed by atoms with Crippen molar-refractivity contribution in [3.05, 3.63) is 130 Å². The van der Waals surface area contributed by atoms with Gasteiger partial charge in [0.1, 0.15) is 21.7 Å². The van der Waals surface area contributed by atoms with Crippen molar-refractivity contribution in [1.29, 1.82) is 0 Å². The maximum atomic E-state index is 13.9. The van der Waals surface area contributed by atoms with Gasteiger partial charge in [0.15, 0.2) is 0 Å². The molecule has 1 atom stereocenters. The lowest BCUT2D eigenvalue weighted by molar-refractivity contribution is 0.163. The zero-order valence-electron chi connectivity index (χ0n) is 21.8. The summed E-state index contributed by atoms with van der Waals surface area (Å²) < 4.78 is 19.9. The molecule has 1 fully saturated rings. The van der Waals surface area contributed by atoms with Gasteiger partial charge in [-0.15, -0.1) is 23.5 Å². The number of thioether (sulfide) groups is 2. The van der Waals surface area contributed by atoms with Crippen LogP contribution in [0.4, 0.5) is 4.39 Å². The number of hydrogen-bond donors (Lipinski definition) is 1. The lowest BCUT2D eigenvalue weighted by atomic mass is 9.78. The van der Waals surface area contributed by atoms with Crippen molar-refractivity contribution in [2.24, 2.45) is 0 Å². The monoisotopic (exact) mass is 640 g/mol. The van der Waals surface area contributed by atoms with E-state index in [0.717, 1.165) is 34.1 Å². The van der Waals surface area contributed by atoms with Crippen LogP contribution in [0.25, 0.3) is 0 Å². The fourth-order valence-electron chi connectivity index (χ4n) is 4.83. The second-order valence-electron chi connectivity index (χ2n) is 9.97. The Hall–Kier alpha value is -1.90. The van der Waals surface area contributed by atoms with Crippen LogP contribution in [-0.2, 0) is 9.49 Å². The van der Waals surface area contributed by atoms with E-state index in [1.807, 2.05) is 36.4 Å². The van der Waals surface area contributed by atoms with Crippen molar-refractivity contribution in [2.75, 3.05) is 11.5 Å². The summed E-state index contributed by atoms with van der Waals surface area (Å²) >= 11 is 8.14. The van der Waals surface area contributed by atoms with E-state index in [4.69, 9.17) is 4.18 Å². The molecule has 0 aromatic heterocycles. The average molecular weight is 642 g/mol. The molecule has 1 aliphatic heterocycles. The van der Waals surface area contributed by atoms with Crippen LogP contribution in [0.5, 0.6) is 5.75 Å². The first kappa shape index (κ1) is 28.6. The second kappa shape index (κ2) is 12.3. The number of hydrogen-bond acceptors (Lipinski definition) is 5. The number of aliphatic hydroxyl groups is 1. The zero-order valence-corrected chi connectivity index (χ0v) is 25.8. The normalized spacial score (nSPS) is 16.0. The molecule has 1 unspecified atom stereocenters. The molecule has 1 heterocycles. The van der Waals surface area contributed by atoms with E-state index in [1.54, 1.807) is 35.7 Å². The minimum atomic E-state index is -0.794. The topological polar surface area (TPSA) is 29.5 Å². The van der Waals surface area contributed by atoms with Gasteiger partial charge in [-0.05, 0) is 86.4 Å². The summed E-state index contributed by atoms with van der Waals surface area (Å²) in [5.41, 5.74) is 4.00. The van der Waals surface area contributed by atoms with E-state index in [-0.39, 0.29) is 11.2 Å². The molecule has 1 aliphatic rings. The molecule has 0 bridgehead atoms. The van der Waals surface area contributed by atoms with Gasteiger partial charge in [-0.25, -0.2) is 4.39 Å². The predicted molar refractivity (Wildman–Crippen MR) is 168 cm³/mol. The van der Waals surface area contributed by atoms with Crippen LogP contribution in [0.15, 0.2) is 106 Å². The Bertz CT molecular complexity index is 1410. The first-order valence-corrected chi connectivity index (χ1v) is 16.3. The number of benzene rings is 4. The van der Waals surface area contributed by atoms with Gasteiger partial charge in [-0.3, -0.25) is 0 Å². The fraction of sp³-hybridized carbons (Fsp3) is 0.250. The van der Waals surface area contributed by atoms with Gasteiger partial charge in [0.25, 0.3) is 0 Å². The maximum absolute atomic E-state index is 13.9. The highest BCUT2D eigenvalue weighted by molar-refractivity contribution is 9.10. The standard InChI is InChI=1S/C32H30BrFO2S3/c1-31(2,23-9-4-3-5-10-23)26-11-6-7-12-29(26)39-36-25-16-14-24(15-17-25)32(37-19-8-20-38-32)30(35)22-13-18-28(34)27(33)21-22/h3-7,9-18,21,30,35H,8,19-20H2,1-2H3. The van der Waals surface area contributed by atoms with E-state index in [1.165, 1.54) is 29.2 Å². The van der Waals surface area contributed by atoms with Crippen molar-refractivity contribution in [3.63, 3.8) is 0 Å². The van der Waals surface area contributed by atoms with Crippen LogP contribution in [0.1, 0.15) is 48.6 Å². The highest BCUT2D eigenvalue weighted by Crippen LogP contribution is 2.57.